The molecule has 0 bridgehead atoms. The van der Waals surface area contributed by atoms with Crippen molar-refractivity contribution < 1.29 is 4.55 Å². The fourth-order valence-corrected chi connectivity index (χ4v) is 1.21. The minimum absolute atomic E-state index is 0.191. The molecule has 6 heteroatoms. The third kappa shape index (κ3) is 2.45. The molecule has 1 heterocycles. The molecule has 0 saturated carbocycles. The summed E-state index contributed by atoms with van der Waals surface area (Å²) >= 11 is -1.24. The van der Waals surface area contributed by atoms with Crippen LogP contribution in [0, 0.1) is 11.3 Å². The average Bonchev–Trinajstić information content (AvgIpc) is 2.15. The van der Waals surface area contributed by atoms with Crippen LogP contribution in [-0.4, -0.2) is 20.8 Å². The lowest BCUT2D eigenvalue weighted by Crippen LogP contribution is -2.07. The number of nitrogens with zero attached hydrogens (tertiary/aromatic N) is 3. The van der Waals surface area contributed by atoms with Crippen molar-refractivity contribution in [2.45, 2.75) is 5.16 Å². The highest BCUT2D eigenvalue weighted by Gasteiger charge is 2.09. The van der Waals surface area contributed by atoms with Gasteiger partial charge in [0.2, 0.25) is 0 Å². The average molecular weight is 208 g/mol. The molecule has 14 heavy (non-hydrogen) atoms. The summed E-state index contributed by atoms with van der Waals surface area (Å²) in [4.78, 5) is 7.67. The van der Waals surface area contributed by atoms with E-state index in [1.165, 1.54) is 24.6 Å². The molecule has 0 aliphatic carbocycles. The number of nitrogens with two attached hydrogens (primary N) is 1. The maximum atomic E-state index is 11.0. The second kappa shape index (κ2) is 4.60. The molecule has 0 fully saturated rings. The quantitative estimate of drug-likeness (QED) is 0.429. The van der Waals surface area contributed by atoms with E-state index in [0.717, 1.165) is 0 Å². The van der Waals surface area contributed by atoms with E-state index < -0.39 is 11.2 Å². The Morgan fingerprint density at radius 1 is 1.71 bits per heavy atom. The van der Waals surface area contributed by atoms with Crippen LogP contribution in [0.1, 0.15) is 5.56 Å². The van der Waals surface area contributed by atoms with Crippen molar-refractivity contribution in [3.63, 3.8) is 0 Å². The van der Waals surface area contributed by atoms with Crippen LogP contribution in [0.25, 0.3) is 6.08 Å². The number of aromatic nitrogens is 2. The van der Waals surface area contributed by atoms with Crippen molar-refractivity contribution in [2.24, 2.45) is 0 Å². The summed E-state index contributed by atoms with van der Waals surface area (Å²) in [5.74, 6) is 0.219. The predicted octanol–water partition coefficient (Wildman–Crippen LogP) is 0.333. The van der Waals surface area contributed by atoms with Gasteiger partial charge in [-0.15, -0.1) is 0 Å². The summed E-state index contributed by atoms with van der Waals surface area (Å²) < 4.78 is 11.0. The van der Waals surface area contributed by atoms with Gasteiger partial charge in [-0.05, 0) is 6.08 Å². The maximum absolute atomic E-state index is 11.0. The van der Waals surface area contributed by atoms with E-state index in [4.69, 9.17) is 11.0 Å². The van der Waals surface area contributed by atoms with Gasteiger partial charge >= 0.3 is 5.16 Å². The van der Waals surface area contributed by atoms with Gasteiger partial charge < -0.3 is 10.3 Å². The van der Waals surface area contributed by atoms with Crippen molar-refractivity contribution in [2.75, 3.05) is 12.0 Å². The highest BCUT2D eigenvalue weighted by atomic mass is 32.2. The fraction of sp³-hybridized carbons (Fsp3) is 0.125. The Morgan fingerprint density at radius 2 is 2.43 bits per heavy atom. The van der Waals surface area contributed by atoms with Crippen molar-refractivity contribution >= 4 is 23.1 Å². The Morgan fingerprint density at radius 3 is 2.93 bits per heavy atom. The van der Waals surface area contributed by atoms with Gasteiger partial charge in [0, 0.05) is 29.0 Å². The van der Waals surface area contributed by atoms with Crippen LogP contribution in [0.3, 0.4) is 0 Å². The van der Waals surface area contributed by atoms with Crippen LogP contribution in [0.15, 0.2) is 17.4 Å². The van der Waals surface area contributed by atoms with Gasteiger partial charge in [-0.3, -0.25) is 0 Å². The summed E-state index contributed by atoms with van der Waals surface area (Å²) in [6.07, 6.45) is 5.68. The lowest BCUT2D eigenvalue weighted by atomic mass is 10.3. The molecular weight excluding hydrogens is 200 g/mol. The van der Waals surface area contributed by atoms with E-state index in [1.807, 2.05) is 6.07 Å². The first kappa shape index (κ1) is 10.5. The first-order valence-electron chi connectivity index (χ1n) is 3.67. The molecule has 0 amide bonds. The van der Waals surface area contributed by atoms with E-state index in [0.29, 0.717) is 5.56 Å². The SMILES string of the molecule is C[S+]([O-])c1ncc(C=CC#N)c(N)n1. The molecule has 1 atom stereocenters. The number of hydrogen-bond donors (Lipinski definition) is 1. The van der Waals surface area contributed by atoms with E-state index in [2.05, 4.69) is 9.97 Å². The topological polar surface area (TPSA) is 98.7 Å². The molecule has 1 aromatic heterocycles. The monoisotopic (exact) mass is 208 g/mol. The zero-order valence-corrected chi connectivity index (χ0v) is 8.28. The van der Waals surface area contributed by atoms with E-state index in [1.54, 1.807) is 0 Å². The second-order valence-corrected chi connectivity index (χ2v) is 3.68. The lowest BCUT2D eigenvalue weighted by Gasteiger charge is -2.03. The molecule has 0 aliphatic rings. The highest BCUT2D eigenvalue weighted by Crippen LogP contribution is 2.11. The number of allylic oxidation sites excluding steroid dienone is 1. The van der Waals surface area contributed by atoms with Crippen molar-refractivity contribution in [1.82, 2.24) is 9.97 Å². The largest absolute Gasteiger partial charge is 0.609 e. The van der Waals surface area contributed by atoms with Gasteiger partial charge in [0.25, 0.3) is 0 Å². The minimum atomic E-state index is -1.24. The van der Waals surface area contributed by atoms with Crippen LogP contribution in [0.5, 0.6) is 0 Å². The van der Waals surface area contributed by atoms with E-state index in [9.17, 15) is 4.55 Å². The third-order valence-electron chi connectivity index (χ3n) is 1.42. The van der Waals surface area contributed by atoms with Crippen molar-refractivity contribution in [1.29, 1.82) is 5.26 Å². The first-order valence-corrected chi connectivity index (χ1v) is 5.23. The van der Waals surface area contributed by atoms with Gasteiger partial charge in [-0.2, -0.15) is 15.2 Å². The number of nitriles is 1. The third-order valence-corrected chi connectivity index (χ3v) is 2.13. The Bertz CT molecular complexity index is 397. The molecule has 1 rings (SSSR count). The number of hydrogen-bond acceptors (Lipinski definition) is 5. The molecule has 5 nitrogen and oxygen atoms in total. The zero-order valence-electron chi connectivity index (χ0n) is 7.47. The van der Waals surface area contributed by atoms with Crippen LogP contribution in [0.4, 0.5) is 5.82 Å². The molecule has 0 radical (unpaired) electrons. The first-order chi connectivity index (χ1) is 6.65. The lowest BCUT2D eigenvalue weighted by molar-refractivity contribution is 0.592. The van der Waals surface area contributed by atoms with Crippen LogP contribution >= 0.6 is 0 Å². The standard InChI is InChI=1S/C8H8N4OS/c1-14(13)8-11-5-6(3-2-4-9)7(10)12-8/h2-3,5H,1H3,(H2,10,11,12). The molecule has 0 aromatic carbocycles. The molecule has 1 unspecified atom stereocenters. The molecular formula is C8H8N4OS. The highest BCUT2D eigenvalue weighted by molar-refractivity contribution is 7.90. The van der Waals surface area contributed by atoms with Gasteiger partial charge in [0.15, 0.2) is 0 Å². The summed E-state index contributed by atoms with van der Waals surface area (Å²) in [7, 11) is 0. The molecule has 0 spiro atoms. The number of anilines is 1. The molecule has 72 valence electrons. The van der Waals surface area contributed by atoms with Crippen LogP contribution in [-0.2, 0) is 11.2 Å². The van der Waals surface area contributed by atoms with Gasteiger partial charge in [-0.25, -0.2) is 0 Å². The Hall–Kier alpha value is -1.58. The van der Waals surface area contributed by atoms with Gasteiger partial charge in [0.1, 0.15) is 12.1 Å². The number of nitrogen functional groups attached to an aromatic ring is 1. The zero-order chi connectivity index (χ0) is 10.6. The predicted molar refractivity (Wildman–Crippen MR) is 53.4 cm³/mol. The minimum Gasteiger partial charge on any atom is -0.609 e. The smallest absolute Gasteiger partial charge is 0.344 e. The van der Waals surface area contributed by atoms with E-state index >= 15 is 0 Å². The van der Waals surface area contributed by atoms with Crippen molar-refractivity contribution in [3.8, 4) is 6.07 Å². The Balaban J connectivity index is 3.03. The molecule has 0 saturated heterocycles. The second-order valence-electron chi connectivity index (χ2n) is 2.41. The summed E-state index contributed by atoms with van der Waals surface area (Å²) in [5.41, 5.74) is 6.10. The fourth-order valence-electron chi connectivity index (χ4n) is 0.781. The Labute approximate surface area is 84.5 Å². The normalized spacial score (nSPS) is 12.6. The molecule has 0 aliphatic heterocycles. The molecule has 1 aromatic rings. The summed E-state index contributed by atoms with van der Waals surface area (Å²) in [6.45, 7) is 0. The van der Waals surface area contributed by atoms with E-state index in [-0.39, 0.29) is 11.0 Å². The van der Waals surface area contributed by atoms with Crippen molar-refractivity contribution in [3.05, 3.63) is 17.8 Å². The Kier molecular flexibility index (Phi) is 3.45. The van der Waals surface area contributed by atoms with Crippen LogP contribution in [0.2, 0.25) is 0 Å². The molecule has 2 N–H and O–H groups in total. The summed E-state index contributed by atoms with van der Waals surface area (Å²) in [6, 6.07) is 1.83. The van der Waals surface area contributed by atoms with Gasteiger partial charge in [0.05, 0.1) is 6.07 Å². The summed E-state index contributed by atoms with van der Waals surface area (Å²) in [5, 5.41) is 8.49. The van der Waals surface area contributed by atoms with Crippen LogP contribution < -0.4 is 5.73 Å². The van der Waals surface area contributed by atoms with Gasteiger partial charge in [-0.1, -0.05) is 0 Å². The number of rotatable bonds is 2. The maximum Gasteiger partial charge on any atom is 0.344 e.